The predicted molar refractivity (Wildman–Crippen MR) is 80.4 cm³/mol. The highest BCUT2D eigenvalue weighted by atomic mass is 35.5. The van der Waals surface area contributed by atoms with Gasteiger partial charge in [0.05, 0.1) is 0 Å². The minimum Gasteiger partial charge on any atom is -0.313 e. The average molecular weight is 301 g/mol. The number of anilines is 1. The highest BCUT2D eigenvalue weighted by Crippen LogP contribution is 2.31. The van der Waals surface area contributed by atoms with Crippen LogP contribution in [0.3, 0.4) is 0 Å². The Hall–Kier alpha value is -0.770. The monoisotopic (exact) mass is 300 g/mol. The maximum Gasteiger partial charge on any atom is 0.228 e. The standard InChI is InChI=1S/C14H17ClN2O.ClH/c15-11-4-3-10-5-7-17(13(10)8-11)14(18)9-12-2-1-6-16-12;/h3-4,8,12,16H,1-2,5-7,9H2;1H. The lowest BCUT2D eigenvalue weighted by Crippen LogP contribution is -2.34. The number of hydrogen-bond acceptors (Lipinski definition) is 2. The van der Waals surface area contributed by atoms with E-state index in [1.807, 2.05) is 23.1 Å². The molecule has 3 rings (SSSR count). The molecule has 2 aliphatic heterocycles. The van der Waals surface area contributed by atoms with Gasteiger partial charge in [-0.05, 0) is 43.5 Å². The van der Waals surface area contributed by atoms with Crippen molar-refractivity contribution >= 4 is 35.6 Å². The third kappa shape index (κ3) is 3.04. The zero-order valence-electron chi connectivity index (χ0n) is 10.7. The fourth-order valence-electron chi connectivity index (χ4n) is 2.86. The first-order valence-electron chi connectivity index (χ1n) is 6.56. The first-order valence-corrected chi connectivity index (χ1v) is 6.94. The number of fused-ring (bicyclic) bond motifs is 1. The van der Waals surface area contributed by atoms with Crippen molar-refractivity contribution in [3.8, 4) is 0 Å². The molecule has 0 radical (unpaired) electrons. The summed E-state index contributed by atoms with van der Waals surface area (Å²) >= 11 is 6.01. The smallest absolute Gasteiger partial charge is 0.228 e. The molecule has 0 aliphatic carbocycles. The fraction of sp³-hybridized carbons (Fsp3) is 0.500. The second kappa shape index (κ2) is 6.12. The molecule has 104 valence electrons. The summed E-state index contributed by atoms with van der Waals surface area (Å²) in [7, 11) is 0. The highest BCUT2D eigenvalue weighted by Gasteiger charge is 2.27. The molecule has 19 heavy (non-hydrogen) atoms. The van der Waals surface area contributed by atoms with Crippen molar-refractivity contribution in [1.29, 1.82) is 0 Å². The number of amides is 1. The molecule has 1 N–H and O–H groups in total. The average Bonchev–Trinajstić information content (AvgIpc) is 2.97. The van der Waals surface area contributed by atoms with E-state index in [0.717, 1.165) is 31.6 Å². The fourth-order valence-corrected chi connectivity index (χ4v) is 3.03. The molecule has 3 nitrogen and oxygen atoms in total. The third-order valence-electron chi connectivity index (χ3n) is 3.83. The summed E-state index contributed by atoms with van der Waals surface area (Å²) in [5.41, 5.74) is 2.23. The van der Waals surface area contributed by atoms with Crippen molar-refractivity contribution in [2.24, 2.45) is 0 Å². The zero-order valence-corrected chi connectivity index (χ0v) is 12.3. The third-order valence-corrected chi connectivity index (χ3v) is 4.06. The molecule has 0 spiro atoms. The normalized spacial score (nSPS) is 21.1. The molecule has 2 heterocycles. The summed E-state index contributed by atoms with van der Waals surface area (Å²) in [4.78, 5) is 14.2. The number of hydrogen-bond donors (Lipinski definition) is 1. The summed E-state index contributed by atoms with van der Waals surface area (Å²) < 4.78 is 0. The van der Waals surface area contributed by atoms with Gasteiger partial charge in [-0.15, -0.1) is 12.4 Å². The van der Waals surface area contributed by atoms with Gasteiger partial charge < -0.3 is 10.2 Å². The van der Waals surface area contributed by atoms with Gasteiger partial charge >= 0.3 is 0 Å². The van der Waals surface area contributed by atoms with Crippen molar-refractivity contribution in [2.75, 3.05) is 18.0 Å². The molecular weight excluding hydrogens is 283 g/mol. The summed E-state index contributed by atoms with van der Waals surface area (Å²) in [5.74, 6) is 0.218. The summed E-state index contributed by atoms with van der Waals surface area (Å²) in [5, 5.41) is 4.07. The Labute approximate surface area is 124 Å². The molecule has 1 fully saturated rings. The number of carbonyl (C=O) groups is 1. The number of benzene rings is 1. The Kier molecular flexibility index (Phi) is 4.71. The molecular formula is C14H18Cl2N2O. The van der Waals surface area contributed by atoms with E-state index in [-0.39, 0.29) is 18.3 Å². The molecule has 1 aromatic rings. The molecule has 1 unspecified atom stereocenters. The summed E-state index contributed by atoms with van der Waals surface area (Å²) in [6.45, 7) is 1.83. The Morgan fingerprint density at radius 2 is 2.32 bits per heavy atom. The van der Waals surface area contributed by atoms with E-state index in [1.54, 1.807) is 0 Å². The zero-order chi connectivity index (χ0) is 12.5. The number of carbonyl (C=O) groups excluding carboxylic acids is 1. The van der Waals surface area contributed by atoms with Crippen LogP contribution in [0.15, 0.2) is 18.2 Å². The Morgan fingerprint density at radius 3 is 3.05 bits per heavy atom. The molecule has 1 saturated heterocycles. The van der Waals surface area contributed by atoms with E-state index < -0.39 is 0 Å². The van der Waals surface area contributed by atoms with Crippen LogP contribution < -0.4 is 10.2 Å². The van der Waals surface area contributed by atoms with Gasteiger partial charge in [-0.2, -0.15) is 0 Å². The second-order valence-electron chi connectivity index (χ2n) is 5.07. The predicted octanol–water partition coefficient (Wildman–Crippen LogP) is 2.79. The highest BCUT2D eigenvalue weighted by molar-refractivity contribution is 6.31. The lowest BCUT2D eigenvalue weighted by molar-refractivity contribution is -0.118. The van der Waals surface area contributed by atoms with Crippen LogP contribution in [0.2, 0.25) is 5.02 Å². The van der Waals surface area contributed by atoms with Gasteiger partial charge in [0.2, 0.25) is 5.91 Å². The van der Waals surface area contributed by atoms with Crippen LogP contribution in [0.1, 0.15) is 24.8 Å². The van der Waals surface area contributed by atoms with Gasteiger partial charge in [0.15, 0.2) is 0 Å². The molecule has 1 amide bonds. The van der Waals surface area contributed by atoms with Crippen LogP contribution in [-0.2, 0) is 11.2 Å². The van der Waals surface area contributed by atoms with E-state index >= 15 is 0 Å². The Morgan fingerprint density at radius 1 is 1.47 bits per heavy atom. The molecule has 0 aromatic heterocycles. The molecule has 1 atom stereocenters. The second-order valence-corrected chi connectivity index (χ2v) is 5.50. The first-order chi connectivity index (χ1) is 8.74. The van der Waals surface area contributed by atoms with Crippen molar-refractivity contribution in [2.45, 2.75) is 31.7 Å². The van der Waals surface area contributed by atoms with E-state index in [0.29, 0.717) is 17.5 Å². The van der Waals surface area contributed by atoms with E-state index in [4.69, 9.17) is 11.6 Å². The van der Waals surface area contributed by atoms with Gasteiger partial charge in [0.1, 0.15) is 0 Å². The quantitative estimate of drug-likeness (QED) is 0.911. The van der Waals surface area contributed by atoms with Gasteiger partial charge in [-0.25, -0.2) is 0 Å². The van der Waals surface area contributed by atoms with E-state index in [2.05, 4.69) is 5.32 Å². The SMILES string of the molecule is Cl.O=C(CC1CCCN1)N1CCc2ccc(Cl)cc21. The maximum atomic E-state index is 12.3. The van der Waals surface area contributed by atoms with Crippen LogP contribution in [0.5, 0.6) is 0 Å². The maximum absolute atomic E-state index is 12.3. The van der Waals surface area contributed by atoms with Crippen LogP contribution >= 0.6 is 24.0 Å². The minimum absolute atomic E-state index is 0. The van der Waals surface area contributed by atoms with Crippen LogP contribution in [0, 0.1) is 0 Å². The van der Waals surface area contributed by atoms with Gasteiger partial charge in [0.25, 0.3) is 0 Å². The minimum atomic E-state index is 0. The number of halogens is 2. The van der Waals surface area contributed by atoms with Gasteiger partial charge in [0, 0.05) is 29.7 Å². The van der Waals surface area contributed by atoms with E-state index in [1.165, 1.54) is 12.0 Å². The van der Waals surface area contributed by atoms with Crippen molar-refractivity contribution in [3.63, 3.8) is 0 Å². The summed E-state index contributed by atoms with van der Waals surface area (Å²) in [6.07, 6.45) is 3.84. The molecule has 1 aromatic carbocycles. The largest absolute Gasteiger partial charge is 0.313 e. The summed E-state index contributed by atoms with van der Waals surface area (Å²) in [6, 6.07) is 6.19. The lowest BCUT2D eigenvalue weighted by Gasteiger charge is -2.19. The van der Waals surface area contributed by atoms with Crippen LogP contribution in [0.4, 0.5) is 5.69 Å². The van der Waals surface area contributed by atoms with Crippen molar-refractivity contribution in [1.82, 2.24) is 5.32 Å². The van der Waals surface area contributed by atoms with Gasteiger partial charge in [-0.1, -0.05) is 17.7 Å². The molecule has 0 bridgehead atoms. The van der Waals surface area contributed by atoms with Crippen molar-refractivity contribution < 1.29 is 4.79 Å². The van der Waals surface area contributed by atoms with Crippen molar-refractivity contribution in [3.05, 3.63) is 28.8 Å². The number of nitrogens with zero attached hydrogens (tertiary/aromatic N) is 1. The van der Waals surface area contributed by atoms with Gasteiger partial charge in [-0.3, -0.25) is 4.79 Å². The molecule has 2 aliphatic rings. The molecule has 0 saturated carbocycles. The van der Waals surface area contributed by atoms with Crippen LogP contribution in [-0.4, -0.2) is 25.0 Å². The molecule has 5 heteroatoms. The Balaban J connectivity index is 0.00000133. The van der Waals surface area contributed by atoms with E-state index in [9.17, 15) is 4.79 Å². The Bertz CT molecular complexity index is 473. The van der Waals surface area contributed by atoms with Crippen LogP contribution in [0.25, 0.3) is 0 Å². The topological polar surface area (TPSA) is 32.3 Å². The number of nitrogens with one attached hydrogen (secondary N) is 1. The number of rotatable bonds is 2. The first kappa shape index (κ1) is 14.6. The lowest BCUT2D eigenvalue weighted by atomic mass is 10.1.